The van der Waals surface area contributed by atoms with Crippen molar-refractivity contribution >= 4 is 23.4 Å². The van der Waals surface area contributed by atoms with Crippen LogP contribution < -0.4 is 14.8 Å². The van der Waals surface area contributed by atoms with E-state index in [0.717, 1.165) is 38.5 Å². The summed E-state index contributed by atoms with van der Waals surface area (Å²) in [6.45, 7) is 3.23. The summed E-state index contributed by atoms with van der Waals surface area (Å²) in [7, 11) is 3.11. The van der Waals surface area contributed by atoms with Crippen LogP contribution in [0.3, 0.4) is 0 Å². The van der Waals surface area contributed by atoms with Crippen molar-refractivity contribution in [2.45, 2.75) is 63.6 Å². The van der Waals surface area contributed by atoms with Crippen LogP contribution in [0.1, 0.15) is 57.1 Å². The minimum Gasteiger partial charge on any atom is -0.493 e. The van der Waals surface area contributed by atoms with Crippen LogP contribution in [0.25, 0.3) is 0 Å². The largest absolute Gasteiger partial charge is 0.493 e. The molecule has 8 heteroatoms. The van der Waals surface area contributed by atoms with E-state index in [2.05, 4.69) is 12.2 Å². The zero-order valence-corrected chi connectivity index (χ0v) is 20.0. The summed E-state index contributed by atoms with van der Waals surface area (Å²) in [6, 6.07) is 4.60. The van der Waals surface area contributed by atoms with Gasteiger partial charge in [0.1, 0.15) is 11.9 Å². The highest BCUT2D eigenvalue weighted by atomic mass is 35.5. The van der Waals surface area contributed by atoms with E-state index in [4.69, 9.17) is 25.8 Å². The fraction of sp³-hybridized carbons (Fsp3) is 0.667. The highest BCUT2D eigenvalue weighted by molar-refractivity contribution is 6.27. The molecular formula is C24H35ClN2O5. The van der Waals surface area contributed by atoms with Crippen molar-refractivity contribution in [3.05, 3.63) is 23.8 Å². The second-order valence-electron chi connectivity index (χ2n) is 8.80. The number of amides is 2. The molecule has 32 heavy (non-hydrogen) atoms. The van der Waals surface area contributed by atoms with Crippen LogP contribution in [-0.2, 0) is 14.3 Å². The van der Waals surface area contributed by atoms with Crippen molar-refractivity contribution in [1.82, 2.24) is 10.2 Å². The third-order valence-corrected chi connectivity index (χ3v) is 6.73. The number of nitrogens with one attached hydrogen (secondary N) is 1. The van der Waals surface area contributed by atoms with Crippen molar-refractivity contribution in [2.24, 2.45) is 5.92 Å². The fourth-order valence-electron chi connectivity index (χ4n) is 4.62. The Labute approximate surface area is 195 Å². The van der Waals surface area contributed by atoms with Crippen LogP contribution >= 0.6 is 11.6 Å². The number of benzene rings is 1. The molecule has 1 saturated carbocycles. The first-order valence-corrected chi connectivity index (χ1v) is 12.0. The van der Waals surface area contributed by atoms with E-state index >= 15 is 0 Å². The number of nitrogens with zero attached hydrogens (tertiary/aromatic N) is 1. The molecule has 0 aromatic heterocycles. The predicted octanol–water partition coefficient (Wildman–Crippen LogP) is 3.69. The first kappa shape index (κ1) is 24.6. The van der Waals surface area contributed by atoms with E-state index in [9.17, 15) is 9.59 Å². The van der Waals surface area contributed by atoms with Gasteiger partial charge in [-0.3, -0.25) is 9.59 Å². The molecule has 1 aliphatic heterocycles. The quantitative estimate of drug-likeness (QED) is 0.562. The van der Waals surface area contributed by atoms with Gasteiger partial charge in [0.05, 0.1) is 20.3 Å². The molecular weight excluding hydrogens is 432 g/mol. The Morgan fingerprint density at radius 3 is 2.47 bits per heavy atom. The number of halogens is 1. The van der Waals surface area contributed by atoms with Crippen LogP contribution in [0.4, 0.5) is 0 Å². The van der Waals surface area contributed by atoms with Crippen molar-refractivity contribution in [1.29, 1.82) is 0 Å². The number of hydrogen-bond donors (Lipinski definition) is 1. The van der Waals surface area contributed by atoms with Gasteiger partial charge in [-0.15, -0.1) is 11.6 Å². The number of alkyl halides is 1. The summed E-state index contributed by atoms with van der Waals surface area (Å²) in [5, 5.41) is 3.20. The van der Waals surface area contributed by atoms with E-state index in [-0.39, 0.29) is 29.8 Å². The summed E-state index contributed by atoms with van der Waals surface area (Å²) in [6.07, 6.45) is 5.77. The number of methoxy groups -OCH3 is 2. The van der Waals surface area contributed by atoms with E-state index in [0.29, 0.717) is 36.1 Å². The summed E-state index contributed by atoms with van der Waals surface area (Å²) in [5.74, 6) is 1.04. The number of hydrogen-bond acceptors (Lipinski definition) is 5. The molecule has 0 bridgehead atoms. The van der Waals surface area contributed by atoms with Gasteiger partial charge in [-0.2, -0.15) is 0 Å². The topological polar surface area (TPSA) is 77.1 Å². The van der Waals surface area contributed by atoms with Gasteiger partial charge in [0.15, 0.2) is 11.5 Å². The Balaban J connectivity index is 1.92. The molecule has 178 valence electrons. The smallest absolute Gasteiger partial charge is 0.247 e. The van der Waals surface area contributed by atoms with Crippen LogP contribution in [0.2, 0.25) is 0 Å². The molecule has 3 rings (SSSR count). The van der Waals surface area contributed by atoms with Crippen molar-refractivity contribution < 1.29 is 23.8 Å². The van der Waals surface area contributed by atoms with Gasteiger partial charge in [0.2, 0.25) is 11.8 Å². The zero-order valence-electron chi connectivity index (χ0n) is 19.3. The first-order chi connectivity index (χ1) is 15.5. The van der Waals surface area contributed by atoms with E-state index in [1.54, 1.807) is 37.3 Å². The van der Waals surface area contributed by atoms with Crippen LogP contribution in [-0.4, -0.2) is 62.1 Å². The third-order valence-electron chi connectivity index (χ3n) is 6.50. The highest BCUT2D eigenvalue weighted by Gasteiger charge is 2.35. The highest BCUT2D eigenvalue weighted by Crippen LogP contribution is 2.33. The molecule has 7 nitrogen and oxygen atoms in total. The van der Waals surface area contributed by atoms with Gasteiger partial charge in [-0.25, -0.2) is 0 Å². The number of carbonyl (C=O) groups is 2. The van der Waals surface area contributed by atoms with Gasteiger partial charge >= 0.3 is 0 Å². The lowest BCUT2D eigenvalue weighted by atomic mass is 9.87. The number of carbonyl (C=O) groups excluding carboxylic acids is 2. The molecule has 2 atom stereocenters. The summed E-state index contributed by atoms with van der Waals surface area (Å²) in [4.78, 5) is 28.1. The lowest BCUT2D eigenvalue weighted by Gasteiger charge is -2.35. The molecule has 1 aromatic carbocycles. The van der Waals surface area contributed by atoms with Crippen molar-refractivity contribution in [2.75, 3.05) is 33.3 Å². The SMILES string of the molecule is COc1ccc([C@H](C(=O)NC2CCC(C)CC2)N(C[C@H]2CCCO2)C(=O)CCl)cc1OC. The second kappa shape index (κ2) is 11.8. The normalized spacial score (nSPS) is 23.9. The van der Waals surface area contributed by atoms with Crippen LogP contribution in [0.15, 0.2) is 18.2 Å². The summed E-state index contributed by atoms with van der Waals surface area (Å²) >= 11 is 5.97. The Bertz CT molecular complexity index is 776. The molecule has 0 unspecified atom stereocenters. The third kappa shape index (κ3) is 6.07. The lowest BCUT2D eigenvalue weighted by Crippen LogP contribution is -2.49. The molecule has 1 N–H and O–H groups in total. The van der Waals surface area contributed by atoms with Gasteiger partial charge in [0, 0.05) is 19.2 Å². The lowest BCUT2D eigenvalue weighted by molar-refractivity contribution is -0.141. The van der Waals surface area contributed by atoms with Gasteiger partial charge in [-0.05, 0) is 62.1 Å². The van der Waals surface area contributed by atoms with Crippen LogP contribution in [0.5, 0.6) is 11.5 Å². The molecule has 2 aliphatic rings. The summed E-state index contributed by atoms with van der Waals surface area (Å²) < 4.78 is 16.6. The maximum Gasteiger partial charge on any atom is 0.247 e. The molecule has 1 saturated heterocycles. The molecule has 1 heterocycles. The number of ether oxygens (including phenoxy) is 3. The Hall–Kier alpha value is -1.99. The average molecular weight is 467 g/mol. The average Bonchev–Trinajstić information content (AvgIpc) is 3.32. The summed E-state index contributed by atoms with van der Waals surface area (Å²) in [5.41, 5.74) is 0.654. The predicted molar refractivity (Wildman–Crippen MR) is 123 cm³/mol. The monoisotopic (exact) mass is 466 g/mol. The minimum absolute atomic E-state index is 0.104. The standard InChI is InChI=1S/C24H35ClN2O5/c1-16-6-9-18(10-7-16)26-24(29)23(17-8-11-20(30-2)21(13-17)31-3)27(22(28)14-25)15-19-5-4-12-32-19/h8,11,13,16,18-19,23H,4-7,9-10,12,14-15H2,1-3H3,(H,26,29)/t16?,18?,19-,23-/m1/s1. The van der Waals surface area contributed by atoms with Crippen molar-refractivity contribution in [3.63, 3.8) is 0 Å². The molecule has 1 aromatic rings. The van der Waals surface area contributed by atoms with Gasteiger partial charge in [0.25, 0.3) is 0 Å². The molecule has 2 fully saturated rings. The zero-order chi connectivity index (χ0) is 23.1. The fourth-order valence-corrected chi connectivity index (χ4v) is 4.77. The molecule has 1 aliphatic carbocycles. The second-order valence-corrected chi connectivity index (χ2v) is 9.06. The Morgan fingerprint density at radius 1 is 1.16 bits per heavy atom. The van der Waals surface area contributed by atoms with E-state index in [1.807, 2.05) is 0 Å². The number of rotatable bonds is 9. The Morgan fingerprint density at radius 2 is 1.88 bits per heavy atom. The maximum absolute atomic E-state index is 13.6. The van der Waals surface area contributed by atoms with Gasteiger partial charge < -0.3 is 24.4 Å². The first-order valence-electron chi connectivity index (χ1n) is 11.5. The van der Waals surface area contributed by atoms with E-state index in [1.165, 1.54) is 0 Å². The maximum atomic E-state index is 13.6. The minimum atomic E-state index is -0.829. The van der Waals surface area contributed by atoms with Crippen molar-refractivity contribution in [3.8, 4) is 11.5 Å². The van der Waals surface area contributed by atoms with E-state index < -0.39 is 6.04 Å². The van der Waals surface area contributed by atoms with Crippen LogP contribution in [0, 0.1) is 5.92 Å². The van der Waals surface area contributed by atoms with Gasteiger partial charge in [-0.1, -0.05) is 13.0 Å². The molecule has 0 radical (unpaired) electrons. The molecule has 2 amide bonds. The molecule has 0 spiro atoms. The Kier molecular flexibility index (Phi) is 9.05.